The Morgan fingerprint density at radius 2 is 2.22 bits per heavy atom. The molecule has 1 aromatic rings. The Labute approximate surface area is 110 Å². The predicted octanol–water partition coefficient (Wildman–Crippen LogP) is 2.10. The van der Waals surface area contributed by atoms with Gasteiger partial charge < -0.3 is 4.74 Å². The first-order valence-electron chi connectivity index (χ1n) is 6.75. The van der Waals surface area contributed by atoms with E-state index < -0.39 is 0 Å². The summed E-state index contributed by atoms with van der Waals surface area (Å²) in [5, 5.41) is 0. The molecule has 3 N–H and O–H groups in total. The van der Waals surface area contributed by atoms with Crippen molar-refractivity contribution in [2.45, 2.75) is 45.8 Å². The van der Waals surface area contributed by atoms with Crippen LogP contribution in [0.25, 0.3) is 0 Å². The number of nitrogens with two attached hydrogens (primary N) is 1. The van der Waals surface area contributed by atoms with Crippen molar-refractivity contribution in [1.82, 2.24) is 5.43 Å². The summed E-state index contributed by atoms with van der Waals surface area (Å²) in [5.74, 6) is 6.25. The third kappa shape index (κ3) is 2.91. The fraction of sp³-hybridized carbons (Fsp3) is 0.600. The maximum absolute atomic E-state index is 5.75. The lowest BCUT2D eigenvalue weighted by Crippen LogP contribution is -2.44. The van der Waals surface area contributed by atoms with Gasteiger partial charge >= 0.3 is 0 Å². The van der Waals surface area contributed by atoms with Crippen LogP contribution in [0.5, 0.6) is 0 Å². The van der Waals surface area contributed by atoms with Gasteiger partial charge in [0, 0.05) is 18.6 Å². The van der Waals surface area contributed by atoms with Crippen molar-refractivity contribution in [3.63, 3.8) is 0 Å². The zero-order valence-corrected chi connectivity index (χ0v) is 11.6. The highest BCUT2D eigenvalue weighted by molar-refractivity contribution is 5.31. The summed E-state index contributed by atoms with van der Waals surface area (Å²) in [4.78, 5) is 0. The summed E-state index contributed by atoms with van der Waals surface area (Å²) in [5.41, 5.74) is 7.02. The molecular weight excluding hydrogens is 224 g/mol. The van der Waals surface area contributed by atoms with Crippen LogP contribution < -0.4 is 11.3 Å². The van der Waals surface area contributed by atoms with Crippen LogP contribution in [0.4, 0.5) is 0 Å². The molecule has 0 bridgehead atoms. The van der Waals surface area contributed by atoms with E-state index in [0.29, 0.717) is 18.1 Å². The molecule has 0 aliphatic carbocycles. The van der Waals surface area contributed by atoms with E-state index in [1.165, 1.54) is 16.7 Å². The van der Waals surface area contributed by atoms with Gasteiger partial charge in [0.25, 0.3) is 0 Å². The Balaban J connectivity index is 2.12. The molecule has 0 amide bonds. The maximum atomic E-state index is 5.75. The van der Waals surface area contributed by atoms with Gasteiger partial charge in [-0.3, -0.25) is 11.3 Å². The second-order valence-electron chi connectivity index (χ2n) is 5.44. The third-order valence-corrected chi connectivity index (χ3v) is 4.11. The standard InChI is InChI=1S/C15H24N2O/c1-10-4-5-11(2)13(8-10)9-15(17-16)14-6-7-18-12(14)3/h4-5,8,12,14-15,17H,6-7,9,16H2,1-3H3. The van der Waals surface area contributed by atoms with Crippen LogP contribution in [-0.4, -0.2) is 18.8 Å². The van der Waals surface area contributed by atoms with E-state index in [9.17, 15) is 0 Å². The molecule has 1 saturated heterocycles. The van der Waals surface area contributed by atoms with Gasteiger partial charge in [0.15, 0.2) is 0 Å². The normalized spacial score (nSPS) is 25.3. The number of nitrogens with one attached hydrogen (secondary N) is 1. The molecule has 100 valence electrons. The molecule has 0 radical (unpaired) electrons. The van der Waals surface area contributed by atoms with E-state index in [1.807, 2.05) is 0 Å². The minimum atomic E-state index is 0.294. The van der Waals surface area contributed by atoms with Crippen LogP contribution in [0, 0.1) is 19.8 Å². The maximum Gasteiger partial charge on any atom is 0.0591 e. The first-order chi connectivity index (χ1) is 8.61. The van der Waals surface area contributed by atoms with Crippen molar-refractivity contribution in [2.24, 2.45) is 11.8 Å². The molecule has 1 aromatic carbocycles. The molecule has 0 aromatic heterocycles. The number of hydrogen-bond acceptors (Lipinski definition) is 3. The molecular formula is C15H24N2O. The minimum absolute atomic E-state index is 0.294. The molecule has 3 nitrogen and oxygen atoms in total. The average molecular weight is 248 g/mol. The van der Waals surface area contributed by atoms with Crippen LogP contribution in [0.2, 0.25) is 0 Å². The van der Waals surface area contributed by atoms with Gasteiger partial charge in [-0.15, -0.1) is 0 Å². The van der Waals surface area contributed by atoms with Crippen LogP contribution >= 0.6 is 0 Å². The van der Waals surface area contributed by atoms with Gasteiger partial charge in [0.1, 0.15) is 0 Å². The Morgan fingerprint density at radius 1 is 1.44 bits per heavy atom. The van der Waals surface area contributed by atoms with E-state index >= 15 is 0 Å². The average Bonchev–Trinajstić information content (AvgIpc) is 2.77. The molecule has 2 rings (SSSR count). The van der Waals surface area contributed by atoms with Gasteiger partial charge in [-0.1, -0.05) is 23.8 Å². The third-order valence-electron chi connectivity index (χ3n) is 4.11. The fourth-order valence-corrected chi connectivity index (χ4v) is 2.87. The van der Waals surface area contributed by atoms with Gasteiger partial charge in [-0.05, 0) is 44.7 Å². The van der Waals surface area contributed by atoms with E-state index in [-0.39, 0.29) is 0 Å². The van der Waals surface area contributed by atoms with E-state index in [4.69, 9.17) is 10.6 Å². The summed E-state index contributed by atoms with van der Waals surface area (Å²) in [6, 6.07) is 6.90. The molecule has 3 heteroatoms. The first kappa shape index (κ1) is 13.5. The summed E-state index contributed by atoms with van der Waals surface area (Å²) >= 11 is 0. The van der Waals surface area contributed by atoms with Crippen molar-refractivity contribution in [3.05, 3.63) is 34.9 Å². The van der Waals surface area contributed by atoms with Gasteiger partial charge in [-0.2, -0.15) is 0 Å². The van der Waals surface area contributed by atoms with Crippen molar-refractivity contribution in [3.8, 4) is 0 Å². The Morgan fingerprint density at radius 3 is 2.83 bits per heavy atom. The number of rotatable bonds is 4. The highest BCUT2D eigenvalue weighted by Crippen LogP contribution is 2.26. The molecule has 3 atom stereocenters. The smallest absolute Gasteiger partial charge is 0.0591 e. The predicted molar refractivity (Wildman–Crippen MR) is 74.3 cm³/mol. The monoisotopic (exact) mass is 248 g/mol. The number of hydrogen-bond donors (Lipinski definition) is 2. The fourth-order valence-electron chi connectivity index (χ4n) is 2.87. The Kier molecular flexibility index (Phi) is 4.38. The number of hydrazine groups is 1. The van der Waals surface area contributed by atoms with E-state index in [0.717, 1.165) is 19.4 Å². The highest BCUT2D eigenvalue weighted by Gasteiger charge is 2.31. The summed E-state index contributed by atoms with van der Waals surface area (Å²) in [6.07, 6.45) is 2.37. The molecule has 1 fully saturated rings. The van der Waals surface area contributed by atoms with Crippen LogP contribution in [0.3, 0.4) is 0 Å². The van der Waals surface area contributed by atoms with Gasteiger partial charge in [0.05, 0.1) is 6.10 Å². The zero-order chi connectivity index (χ0) is 13.1. The number of ether oxygens (including phenoxy) is 1. The van der Waals surface area contributed by atoms with Crippen molar-refractivity contribution in [2.75, 3.05) is 6.61 Å². The van der Waals surface area contributed by atoms with Crippen molar-refractivity contribution < 1.29 is 4.74 Å². The van der Waals surface area contributed by atoms with E-state index in [2.05, 4.69) is 44.4 Å². The number of benzene rings is 1. The molecule has 1 aliphatic heterocycles. The lowest BCUT2D eigenvalue weighted by Gasteiger charge is -2.26. The second kappa shape index (κ2) is 5.83. The molecule has 18 heavy (non-hydrogen) atoms. The van der Waals surface area contributed by atoms with Gasteiger partial charge in [-0.25, -0.2) is 0 Å². The van der Waals surface area contributed by atoms with E-state index in [1.54, 1.807) is 0 Å². The molecule has 0 spiro atoms. The van der Waals surface area contributed by atoms with Crippen LogP contribution in [0.15, 0.2) is 18.2 Å². The van der Waals surface area contributed by atoms with Crippen LogP contribution in [0.1, 0.15) is 30.0 Å². The Bertz CT molecular complexity index is 405. The van der Waals surface area contributed by atoms with Crippen LogP contribution in [-0.2, 0) is 11.2 Å². The lowest BCUT2D eigenvalue weighted by molar-refractivity contribution is 0.0954. The highest BCUT2D eigenvalue weighted by atomic mass is 16.5. The number of aryl methyl sites for hydroxylation is 2. The quantitative estimate of drug-likeness (QED) is 0.633. The summed E-state index contributed by atoms with van der Waals surface area (Å²) in [6.45, 7) is 7.30. The molecule has 1 heterocycles. The summed E-state index contributed by atoms with van der Waals surface area (Å²) < 4.78 is 5.64. The largest absolute Gasteiger partial charge is 0.378 e. The molecule has 1 aliphatic rings. The SMILES string of the molecule is Cc1ccc(C)c(CC(NN)C2CCOC2C)c1. The van der Waals surface area contributed by atoms with Crippen molar-refractivity contribution >= 4 is 0 Å². The molecule has 0 saturated carbocycles. The molecule has 3 unspecified atom stereocenters. The second-order valence-corrected chi connectivity index (χ2v) is 5.44. The van der Waals surface area contributed by atoms with Gasteiger partial charge in [0.2, 0.25) is 0 Å². The Hall–Kier alpha value is -0.900. The zero-order valence-electron chi connectivity index (χ0n) is 11.6. The van der Waals surface area contributed by atoms with Crippen molar-refractivity contribution in [1.29, 1.82) is 0 Å². The first-order valence-corrected chi connectivity index (χ1v) is 6.75. The minimum Gasteiger partial charge on any atom is -0.378 e. The summed E-state index contributed by atoms with van der Waals surface area (Å²) in [7, 11) is 0. The lowest BCUT2D eigenvalue weighted by atomic mass is 9.88. The topological polar surface area (TPSA) is 47.3 Å².